The average Bonchev–Trinajstić information content (AvgIpc) is 2.85. The van der Waals surface area contributed by atoms with E-state index in [0.29, 0.717) is 31.5 Å². The number of nitrogens with two attached hydrogens (primary N) is 1. The largest absolute Gasteiger partial charge is 0.480 e. The van der Waals surface area contributed by atoms with Gasteiger partial charge in [-0.1, -0.05) is 0 Å². The molecule has 1 aromatic heterocycles. The number of ether oxygens (including phenoxy) is 1. The Kier molecular flexibility index (Phi) is 4.11. The summed E-state index contributed by atoms with van der Waals surface area (Å²) in [5, 5.41) is 12.5. The normalized spacial score (nSPS) is 17.7. The molecule has 2 rings (SSSR count). The molecule has 1 atom stereocenters. The monoisotopic (exact) mass is 256 g/mol. The van der Waals surface area contributed by atoms with E-state index in [2.05, 4.69) is 10.1 Å². The number of aliphatic carboxylic acids is 1. The highest BCUT2D eigenvalue weighted by molar-refractivity contribution is 5.72. The molecular weight excluding hydrogens is 240 g/mol. The lowest BCUT2D eigenvalue weighted by Gasteiger charge is -2.24. The van der Waals surface area contributed by atoms with Crippen molar-refractivity contribution < 1.29 is 19.2 Å². The maximum Gasteiger partial charge on any atom is 0.320 e. The van der Waals surface area contributed by atoms with Gasteiger partial charge in [-0.25, -0.2) is 0 Å². The third-order valence-electron chi connectivity index (χ3n) is 2.74. The molecule has 0 unspecified atom stereocenters. The molecule has 0 bridgehead atoms. The molecule has 1 fully saturated rings. The van der Waals surface area contributed by atoms with Crippen LogP contribution in [0.15, 0.2) is 4.52 Å². The molecule has 1 aromatic rings. The number of aromatic nitrogens is 2. The van der Waals surface area contributed by atoms with Gasteiger partial charge in [0, 0.05) is 19.5 Å². The zero-order valence-electron chi connectivity index (χ0n) is 9.91. The highest BCUT2D eigenvalue weighted by Crippen LogP contribution is 2.12. The maximum atomic E-state index is 10.6. The van der Waals surface area contributed by atoms with E-state index >= 15 is 0 Å². The number of carboxylic acids is 1. The Bertz CT molecular complexity index is 402. The second kappa shape index (κ2) is 5.78. The van der Waals surface area contributed by atoms with Crippen LogP contribution in [0.25, 0.3) is 0 Å². The Balaban J connectivity index is 1.87. The molecule has 1 aliphatic heterocycles. The van der Waals surface area contributed by atoms with Gasteiger partial charge < -0.3 is 25.0 Å². The van der Waals surface area contributed by atoms with Crippen LogP contribution in [-0.4, -0.2) is 53.6 Å². The van der Waals surface area contributed by atoms with Crippen LogP contribution in [0.3, 0.4) is 0 Å². The van der Waals surface area contributed by atoms with Crippen LogP contribution < -0.4 is 10.6 Å². The van der Waals surface area contributed by atoms with Gasteiger partial charge in [0.15, 0.2) is 0 Å². The first kappa shape index (κ1) is 12.8. The third kappa shape index (κ3) is 3.17. The van der Waals surface area contributed by atoms with Crippen molar-refractivity contribution in [3.8, 4) is 0 Å². The van der Waals surface area contributed by atoms with E-state index < -0.39 is 12.0 Å². The predicted molar refractivity (Wildman–Crippen MR) is 61.3 cm³/mol. The molecule has 0 spiro atoms. The molecule has 3 N–H and O–H groups in total. The fraction of sp³-hybridized carbons (Fsp3) is 0.700. The van der Waals surface area contributed by atoms with Gasteiger partial charge in [-0.05, 0) is 11.6 Å². The van der Waals surface area contributed by atoms with Gasteiger partial charge in [0.25, 0.3) is 5.95 Å². The molecule has 0 radical (unpaired) electrons. The standard InChI is InChI=1S/C10H16N4O4/c11-7(9(15)16)1-2-8-12-10(13-18-8)14-3-5-17-6-4-14/h7H,1-6,11H2,(H,15,16)/t7-/m1/s1. The van der Waals surface area contributed by atoms with Gasteiger partial charge >= 0.3 is 5.97 Å². The number of carboxylic acid groups (broad SMARTS) is 1. The first-order valence-electron chi connectivity index (χ1n) is 5.80. The first-order valence-corrected chi connectivity index (χ1v) is 5.80. The summed E-state index contributed by atoms with van der Waals surface area (Å²) in [7, 11) is 0. The lowest BCUT2D eigenvalue weighted by molar-refractivity contribution is -0.138. The first-order chi connectivity index (χ1) is 8.66. The van der Waals surface area contributed by atoms with Crippen molar-refractivity contribution in [2.75, 3.05) is 31.2 Å². The molecule has 1 saturated heterocycles. The SMILES string of the molecule is N[C@H](CCc1nc(N2CCOCC2)no1)C(=O)O. The predicted octanol–water partition coefficient (Wildman–Crippen LogP) is -0.749. The molecule has 0 aromatic carbocycles. The number of morpholine rings is 1. The van der Waals surface area contributed by atoms with Crippen molar-refractivity contribution in [3.63, 3.8) is 0 Å². The Morgan fingerprint density at radius 3 is 2.89 bits per heavy atom. The van der Waals surface area contributed by atoms with Crippen molar-refractivity contribution in [1.82, 2.24) is 10.1 Å². The zero-order valence-corrected chi connectivity index (χ0v) is 9.91. The summed E-state index contributed by atoms with van der Waals surface area (Å²) >= 11 is 0. The van der Waals surface area contributed by atoms with Gasteiger partial charge in [-0.15, -0.1) is 0 Å². The summed E-state index contributed by atoms with van der Waals surface area (Å²) in [5.41, 5.74) is 5.40. The minimum atomic E-state index is -1.03. The Morgan fingerprint density at radius 1 is 1.50 bits per heavy atom. The van der Waals surface area contributed by atoms with Crippen molar-refractivity contribution in [3.05, 3.63) is 5.89 Å². The average molecular weight is 256 g/mol. The van der Waals surface area contributed by atoms with Crippen molar-refractivity contribution in [1.29, 1.82) is 0 Å². The topological polar surface area (TPSA) is 115 Å². The number of rotatable bonds is 5. The summed E-state index contributed by atoms with van der Waals surface area (Å²) in [4.78, 5) is 16.7. The van der Waals surface area contributed by atoms with Gasteiger partial charge in [-0.3, -0.25) is 4.79 Å². The number of hydrogen-bond acceptors (Lipinski definition) is 7. The van der Waals surface area contributed by atoms with E-state index in [-0.39, 0.29) is 6.42 Å². The minimum Gasteiger partial charge on any atom is -0.480 e. The van der Waals surface area contributed by atoms with Crippen molar-refractivity contribution in [2.24, 2.45) is 5.73 Å². The number of hydrogen-bond donors (Lipinski definition) is 2. The number of aryl methyl sites for hydroxylation is 1. The van der Waals surface area contributed by atoms with E-state index in [1.165, 1.54) is 0 Å². The van der Waals surface area contributed by atoms with Gasteiger partial charge in [0.2, 0.25) is 5.89 Å². The molecule has 0 amide bonds. The molecule has 0 saturated carbocycles. The van der Waals surface area contributed by atoms with Crippen LogP contribution in [0, 0.1) is 0 Å². The third-order valence-corrected chi connectivity index (χ3v) is 2.74. The lowest BCUT2D eigenvalue weighted by atomic mass is 10.2. The Labute approximate surface area is 104 Å². The van der Waals surface area contributed by atoms with E-state index in [9.17, 15) is 4.79 Å². The summed E-state index contributed by atoms with van der Waals surface area (Å²) in [6.07, 6.45) is 0.644. The van der Waals surface area contributed by atoms with Gasteiger partial charge in [0.05, 0.1) is 13.2 Å². The molecule has 18 heavy (non-hydrogen) atoms. The van der Waals surface area contributed by atoms with Gasteiger partial charge in [-0.2, -0.15) is 4.98 Å². The lowest BCUT2D eigenvalue weighted by Crippen LogP contribution is -2.36. The Morgan fingerprint density at radius 2 is 2.22 bits per heavy atom. The molecule has 100 valence electrons. The van der Waals surface area contributed by atoms with Crippen LogP contribution in [0.2, 0.25) is 0 Å². The quantitative estimate of drug-likeness (QED) is 0.707. The van der Waals surface area contributed by atoms with Crippen LogP contribution in [0.1, 0.15) is 12.3 Å². The smallest absolute Gasteiger partial charge is 0.320 e. The molecule has 0 aliphatic carbocycles. The second-order valence-corrected chi connectivity index (χ2v) is 4.07. The summed E-state index contributed by atoms with van der Waals surface area (Å²) in [6, 6.07) is -0.899. The molecular formula is C10H16N4O4. The van der Waals surface area contributed by atoms with Gasteiger partial charge in [0.1, 0.15) is 6.04 Å². The highest BCUT2D eigenvalue weighted by Gasteiger charge is 2.18. The van der Waals surface area contributed by atoms with Crippen LogP contribution in [-0.2, 0) is 16.0 Å². The fourth-order valence-corrected chi connectivity index (χ4v) is 1.64. The molecule has 8 nitrogen and oxygen atoms in total. The van der Waals surface area contributed by atoms with Crippen molar-refractivity contribution >= 4 is 11.9 Å². The highest BCUT2D eigenvalue weighted by atomic mass is 16.5. The number of anilines is 1. The Hall–Kier alpha value is -1.67. The number of carbonyl (C=O) groups is 1. The van der Waals surface area contributed by atoms with E-state index in [1.54, 1.807) is 0 Å². The van der Waals surface area contributed by atoms with Crippen LogP contribution in [0.4, 0.5) is 5.95 Å². The second-order valence-electron chi connectivity index (χ2n) is 4.07. The molecule has 8 heteroatoms. The number of nitrogens with zero attached hydrogens (tertiary/aromatic N) is 3. The molecule has 1 aliphatic rings. The summed E-state index contributed by atoms with van der Waals surface area (Å²) in [6.45, 7) is 2.75. The van der Waals surface area contributed by atoms with Crippen molar-refractivity contribution in [2.45, 2.75) is 18.9 Å². The van der Waals surface area contributed by atoms with E-state index in [0.717, 1.165) is 13.1 Å². The summed E-state index contributed by atoms with van der Waals surface area (Å²) in [5.74, 6) is -0.0895. The maximum absolute atomic E-state index is 10.6. The van der Waals surface area contributed by atoms with E-state index in [1.807, 2.05) is 4.90 Å². The minimum absolute atomic E-state index is 0.278. The summed E-state index contributed by atoms with van der Waals surface area (Å²) < 4.78 is 10.3. The van der Waals surface area contributed by atoms with Crippen LogP contribution >= 0.6 is 0 Å². The molecule has 2 heterocycles. The van der Waals surface area contributed by atoms with Crippen LogP contribution in [0.5, 0.6) is 0 Å². The fourth-order valence-electron chi connectivity index (χ4n) is 1.64. The van der Waals surface area contributed by atoms with E-state index in [4.69, 9.17) is 20.1 Å². The zero-order chi connectivity index (χ0) is 13.0.